The van der Waals surface area contributed by atoms with Crippen LogP contribution in [-0.2, 0) is 6.54 Å². The summed E-state index contributed by atoms with van der Waals surface area (Å²) in [6.45, 7) is 0.518. The molecule has 3 heteroatoms. The van der Waals surface area contributed by atoms with Crippen molar-refractivity contribution < 1.29 is 4.39 Å². The van der Waals surface area contributed by atoms with E-state index in [0.717, 1.165) is 16.8 Å². The van der Waals surface area contributed by atoms with E-state index in [1.807, 2.05) is 36.2 Å². The number of benzene rings is 2. The van der Waals surface area contributed by atoms with Gasteiger partial charge in [0.25, 0.3) is 0 Å². The molecule has 0 aliphatic heterocycles. The molecule has 0 bridgehead atoms. The Hall–Kier alpha value is -1.98. The van der Waals surface area contributed by atoms with Crippen molar-refractivity contribution in [3.63, 3.8) is 0 Å². The van der Waals surface area contributed by atoms with Crippen LogP contribution in [0.5, 0.6) is 0 Å². The Balaban J connectivity index is 2.23. The summed E-state index contributed by atoms with van der Waals surface area (Å²) in [6.07, 6.45) is 5.38. The summed E-state index contributed by atoms with van der Waals surface area (Å²) < 4.78 is 13.2. The monoisotopic (exact) mass is 273 g/mol. The van der Waals surface area contributed by atoms with Gasteiger partial charge < -0.3 is 4.90 Å². The zero-order valence-electron chi connectivity index (χ0n) is 10.5. The molecule has 96 valence electrons. The standard InChI is InChI=1S/C16H13ClFN/c1-3-12-5-4-6-15(9-12)19(2)11-13-10-14(18)7-8-16(13)17/h1,4-10H,11H2,2H3. The highest BCUT2D eigenvalue weighted by molar-refractivity contribution is 6.31. The van der Waals surface area contributed by atoms with Crippen molar-refractivity contribution in [3.8, 4) is 12.3 Å². The molecule has 2 rings (SSSR count). The van der Waals surface area contributed by atoms with Crippen molar-refractivity contribution in [1.82, 2.24) is 0 Å². The Morgan fingerprint density at radius 2 is 2.05 bits per heavy atom. The SMILES string of the molecule is C#Cc1cccc(N(C)Cc2cc(F)ccc2Cl)c1. The molecule has 0 saturated heterocycles. The van der Waals surface area contributed by atoms with E-state index >= 15 is 0 Å². The van der Waals surface area contributed by atoms with Crippen LogP contribution >= 0.6 is 11.6 Å². The van der Waals surface area contributed by atoms with E-state index in [4.69, 9.17) is 18.0 Å². The topological polar surface area (TPSA) is 3.24 Å². The third kappa shape index (κ3) is 3.27. The smallest absolute Gasteiger partial charge is 0.123 e. The summed E-state index contributed by atoms with van der Waals surface area (Å²) in [7, 11) is 1.91. The summed E-state index contributed by atoms with van der Waals surface area (Å²) in [4.78, 5) is 1.97. The van der Waals surface area contributed by atoms with Gasteiger partial charge in [-0.05, 0) is 42.0 Å². The van der Waals surface area contributed by atoms with E-state index in [-0.39, 0.29) is 5.82 Å². The molecule has 1 nitrogen and oxygen atoms in total. The number of rotatable bonds is 3. The van der Waals surface area contributed by atoms with Crippen LogP contribution in [0.4, 0.5) is 10.1 Å². The fourth-order valence-corrected chi connectivity index (χ4v) is 2.02. The van der Waals surface area contributed by atoms with E-state index in [9.17, 15) is 4.39 Å². The first-order valence-corrected chi connectivity index (χ1v) is 6.19. The maximum absolute atomic E-state index is 13.2. The molecular formula is C16H13ClFN. The quantitative estimate of drug-likeness (QED) is 0.761. The molecule has 0 saturated carbocycles. The molecule has 19 heavy (non-hydrogen) atoms. The van der Waals surface area contributed by atoms with E-state index in [1.54, 1.807) is 6.07 Å². The Labute approximate surface area is 117 Å². The van der Waals surface area contributed by atoms with Gasteiger partial charge in [0.05, 0.1) is 0 Å². The third-order valence-corrected chi connectivity index (χ3v) is 3.24. The van der Waals surface area contributed by atoms with Crippen molar-refractivity contribution in [2.24, 2.45) is 0 Å². The highest BCUT2D eigenvalue weighted by Crippen LogP contribution is 2.22. The molecule has 0 unspecified atom stereocenters. The van der Waals surface area contributed by atoms with Gasteiger partial charge in [0, 0.05) is 29.9 Å². The van der Waals surface area contributed by atoms with Crippen molar-refractivity contribution in [2.45, 2.75) is 6.54 Å². The maximum atomic E-state index is 13.2. The second kappa shape index (κ2) is 5.77. The van der Waals surface area contributed by atoms with Gasteiger partial charge in [-0.1, -0.05) is 23.6 Å². The lowest BCUT2D eigenvalue weighted by Crippen LogP contribution is -2.16. The van der Waals surface area contributed by atoms with E-state index in [1.165, 1.54) is 12.1 Å². The summed E-state index contributed by atoms with van der Waals surface area (Å²) in [5.41, 5.74) is 2.53. The second-order valence-electron chi connectivity index (χ2n) is 4.29. The first-order chi connectivity index (χ1) is 9.10. The molecule has 0 atom stereocenters. The van der Waals surface area contributed by atoms with E-state index in [0.29, 0.717) is 11.6 Å². The predicted molar refractivity (Wildman–Crippen MR) is 77.9 cm³/mol. The maximum Gasteiger partial charge on any atom is 0.123 e. The Morgan fingerprint density at radius 1 is 1.26 bits per heavy atom. The highest BCUT2D eigenvalue weighted by Gasteiger charge is 2.07. The van der Waals surface area contributed by atoms with Crippen molar-refractivity contribution in [3.05, 3.63) is 64.4 Å². The Morgan fingerprint density at radius 3 is 2.79 bits per heavy atom. The molecule has 2 aromatic rings. The first-order valence-electron chi connectivity index (χ1n) is 5.82. The zero-order chi connectivity index (χ0) is 13.8. The summed E-state index contributed by atoms with van der Waals surface area (Å²) >= 11 is 6.06. The van der Waals surface area contributed by atoms with Gasteiger partial charge in [0.15, 0.2) is 0 Å². The average molecular weight is 274 g/mol. The minimum atomic E-state index is -0.287. The number of hydrogen-bond acceptors (Lipinski definition) is 1. The number of hydrogen-bond donors (Lipinski definition) is 0. The normalized spacial score (nSPS) is 10.0. The number of nitrogens with zero attached hydrogens (tertiary/aromatic N) is 1. The summed E-state index contributed by atoms with van der Waals surface area (Å²) in [5.74, 6) is 2.31. The van der Waals surface area contributed by atoms with Crippen LogP contribution in [0.3, 0.4) is 0 Å². The predicted octanol–water partition coefficient (Wildman–Crippen LogP) is 4.10. The van der Waals surface area contributed by atoms with Crippen LogP contribution in [0.25, 0.3) is 0 Å². The van der Waals surface area contributed by atoms with Crippen LogP contribution in [-0.4, -0.2) is 7.05 Å². The van der Waals surface area contributed by atoms with Gasteiger partial charge in [-0.25, -0.2) is 4.39 Å². The van der Waals surface area contributed by atoms with Gasteiger partial charge in [-0.3, -0.25) is 0 Å². The van der Waals surface area contributed by atoms with Gasteiger partial charge in [0.1, 0.15) is 5.82 Å². The van der Waals surface area contributed by atoms with Crippen LogP contribution in [0.2, 0.25) is 5.02 Å². The van der Waals surface area contributed by atoms with Gasteiger partial charge in [-0.15, -0.1) is 6.42 Å². The molecule has 0 heterocycles. The van der Waals surface area contributed by atoms with Crippen LogP contribution in [0, 0.1) is 18.2 Å². The fourth-order valence-electron chi connectivity index (χ4n) is 1.84. The largest absolute Gasteiger partial charge is 0.370 e. The minimum Gasteiger partial charge on any atom is -0.370 e. The molecule has 0 radical (unpaired) electrons. The van der Waals surface area contributed by atoms with Gasteiger partial charge in [0.2, 0.25) is 0 Å². The van der Waals surface area contributed by atoms with Crippen molar-refractivity contribution in [1.29, 1.82) is 0 Å². The second-order valence-corrected chi connectivity index (χ2v) is 4.69. The molecule has 0 aromatic heterocycles. The number of terminal acetylenes is 1. The number of anilines is 1. The molecule has 0 spiro atoms. The summed E-state index contributed by atoms with van der Waals surface area (Å²) in [6, 6.07) is 12.0. The molecule has 0 N–H and O–H groups in total. The van der Waals surface area contributed by atoms with E-state index in [2.05, 4.69) is 5.92 Å². The first kappa shape index (κ1) is 13.5. The fraction of sp³-hybridized carbons (Fsp3) is 0.125. The molecule has 2 aromatic carbocycles. The van der Waals surface area contributed by atoms with Gasteiger partial charge in [-0.2, -0.15) is 0 Å². The van der Waals surface area contributed by atoms with Crippen molar-refractivity contribution in [2.75, 3.05) is 11.9 Å². The molecule has 0 aliphatic carbocycles. The average Bonchev–Trinajstić information content (AvgIpc) is 2.43. The third-order valence-electron chi connectivity index (χ3n) is 2.87. The Kier molecular flexibility index (Phi) is 4.09. The zero-order valence-corrected chi connectivity index (χ0v) is 11.3. The Bertz CT molecular complexity index is 631. The van der Waals surface area contributed by atoms with Gasteiger partial charge >= 0.3 is 0 Å². The molecule has 0 aliphatic rings. The summed E-state index contributed by atoms with van der Waals surface area (Å²) in [5, 5.41) is 0.557. The minimum absolute atomic E-state index is 0.287. The van der Waals surface area contributed by atoms with E-state index < -0.39 is 0 Å². The number of halogens is 2. The van der Waals surface area contributed by atoms with Crippen LogP contribution in [0.1, 0.15) is 11.1 Å². The lowest BCUT2D eigenvalue weighted by molar-refractivity contribution is 0.625. The highest BCUT2D eigenvalue weighted by atomic mass is 35.5. The molecular weight excluding hydrogens is 261 g/mol. The lowest BCUT2D eigenvalue weighted by Gasteiger charge is -2.20. The van der Waals surface area contributed by atoms with Crippen LogP contribution < -0.4 is 4.90 Å². The van der Waals surface area contributed by atoms with Crippen LogP contribution in [0.15, 0.2) is 42.5 Å². The van der Waals surface area contributed by atoms with Crippen molar-refractivity contribution >= 4 is 17.3 Å². The molecule has 0 fully saturated rings. The lowest BCUT2D eigenvalue weighted by atomic mass is 10.1. The molecule has 0 amide bonds.